The van der Waals surface area contributed by atoms with Gasteiger partial charge in [-0.1, -0.05) is 13.8 Å². The number of alkyl halides is 2. The van der Waals surface area contributed by atoms with Gasteiger partial charge in [-0.3, -0.25) is 0 Å². The molecule has 0 aromatic carbocycles. The predicted molar refractivity (Wildman–Crippen MR) is 50.0 cm³/mol. The van der Waals surface area contributed by atoms with E-state index in [0.717, 1.165) is 6.54 Å². The molecule has 0 saturated carbocycles. The largest absolute Gasteiger partial charge is 0.333 e. The van der Waals surface area contributed by atoms with Gasteiger partial charge in [0.1, 0.15) is 0 Å². The molecule has 14 heavy (non-hydrogen) atoms. The van der Waals surface area contributed by atoms with E-state index >= 15 is 0 Å². The van der Waals surface area contributed by atoms with Crippen molar-refractivity contribution in [2.24, 2.45) is 5.92 Å². The summed E-state index contributed by atoms with van der Waals surface area (Å²) in [6.07, 6.45) is 1.29. The van der Waals surface area contributed by atoms with E-state index in [0.29, 0.717) is 22.8 Å². The molecule has 80 valence electrons. The summed E-state index contributed by atoms with van der Waals surface area (Å²) in [4.78, 5) is 0. The van der Waals surface area contributed by atoms with Crippen LogP contribution in [0.25, 0.3) is 0 Å². The lowest BCUT2D eigenvalue weighted by molar-refractivity contribution is 0.0561. The van der Waals surface area contributed by atoms with Gasteiger partial charge in [0.05, 0.1) is 5.69 Å². The fourth-order valence-electron chi connectivity index (χ4n) is 1.07. The molecule has 1 aromatic rings. The first kappa shape index (κ1) is 11.1. The molecular formula is C9H15F2N3. The maximum absolute atomic E-state index is 12.1. The molecule has 1 aromatic heterocycles. The third-order valence-electron chi connectivity index (χ3n) is 1.72. The number of nitrogens with one attached hydrogen (secondary N) is 1. The summed E-state index contributed by atoms with van der Waals surface area (Å²) in [6, 6.07) is 1.60. The van der Waals surface area contributed by atoms with E-state index in [1.165, 1.54) is 6.20 Å². The highest BCUT2D eigenvalue weighted by molar-refractivity contribution is 4.98. The van der Waals surface area contributed by atoms with E-state index in [2.05, 4.69) is 24.3 Å². The molecule has 0 amide bonds. The van der Waals surface area contributed by atoms with Crippen LogP contribution in [0.2, 0.25) is 0 Å². The van der Waals surface area contributed by atoms with Gasteiger partial charge in [-0.15, -0.1) is 0 Å². The average Bonchev–Trinajstić information content (AvgIpc) is 2.52. The van der Waals surface area contributed by atoms with E-state index in [-0.39, 0.29) is 0 Å². The smallest absolute Gasteiger partial charge is 0.311 e. The first-order valence-corrected chi connectivity index (χ1v) is 4.62. The van der Waals surface area contributed by atoms with Crippen LogP contribution in [0, 0.1) is 5.92 Å². The van der Waals surface area contributed by atoms with Crippen molar-refractivity contribution < 1.29 is 8.78 Å². The third-order valence-corrected chi connectivity index (χ3v) is 1.72. The van der Waals surface area contributed by atoms with Crippen molar-refractivity contribution in [3.8, 4) is 0 Å². The summed E-state index contributed by atoms with van der Waals surface area (Å²) in [6.45, 7) is 3.03. The zero-order valence-electron chi connectivity index (χ0n) is 8.37. The first-order valence-electron chi connectivity index (χ1n) is 4.62. The molecule has 3 nitrogen and oxygen atoms in total. The molecule has 0 radical (unpaired) electrons. The van der Waals surface area contributed by atoms with Crippen LogP contribution < -0.4 is 5.32 Å². The highest BCUT2D eigenvalue weighted by Gasteiger charge is 2.06. The van der Waals surface area contributed by atoms with Crippen LogP contribution in [0.5, 0.6) is 0 Å². The van der Waals surface area contributed by atoms with Crippen LogP contribution >= 0.6 is 0 Å². The Balaban J connectivity index is 2.36. The topological polar surface area (TPSA) is 29.9 Å². The second-order valence-corrected chi connectivity index (χ2v) is 3.59. The fraction of sp³-hybridized carbons (Fsp3) is 0.667. The molecule has 0 spiro atoms. The van der Waals surface area contributed by atoms with Gasteiger partial charge in [-0.25, -0.2) is 4.68 Å². The molecule has 1 N–H and O–H groups in total. The highest BCUT2D eigenvalue weighted by Crippen LogP contribution is 2.08. The number of halogens is 2. The Labute approximate surface area is 82.1 Å². The van der Waals surface area contributed by atoms with E-state index < -0.39 is 6.55 Å². The Kier molecular flexibility index (Phi) is 4.00. The van der Waals surface area contributed by atoms with Crippen LogP contribution in [0.1, 0.15) is 26.1 Å². The summed E-state index contributed by atoms with van der Waals surface area (Å²) in [5, 5.41) is 6.84. The van der Waals surface area contributed by atoms with Crippen LogP contribution in [-0.2, 0) is 6.54 Å². The lowest BCUT2D eigenvalue weighted by Crippen LogP contribution is -2.19. The van der Waals surface area contributed by atoms with Gasteiger partial charge in [0.25, 0.3) is 0 Å². The first-order chi connectivity index (χ1) is 6.59. The molecule has 1 heterocycles. The van der Waals surface area contributed by atoms with Crippen molar-refractivity contribution in [1.29, 1.82) is 0 Å². The number of aromatic nitrogens is 2. The van der Waals surface area contributed by atoms with Gasteiger partial charge < -0.3 is 5.32 Å². The molecule has 0 bridgehead atoms. The van der Waals surface area contributed by atoms with Crippen molar-refractivity contribution in [2.45, 2.75) is 26.9 Å². The number of rotatable bonds is 5. The summed E-state index contributed by atoms with van der Waals surface area (Å²) >= 11 is 0. The Hall–Kier alpha value is -0.970. The van der Waals surface area contributed by atoms with Gasteiger partial charge in [-0.2, -0.15) is 13.9 Å². The Bertz CT molecular complexity index is 271. The van der Waals surface area contributed by atoms with Crippen molar-refractivity contribution in [2.75, 3.05) is 6.54 Å². The van der Waals surface area contributed by atoms with E-state index in [4.69, 9.17) is 0 Å². The van der Waals surface area contributed by atoms with Gasteiger partial charge in [0.15, 0.2) is 0 Å². The van der Waals surface area contributed by atoms with Crippen molar-refractivity contribution in [1.82, 2.24) is 15.1 Å². The lowest BCUT2D eigenvalue weighted by Gasteiger charge is -2.04. The molecule has 0 aliphatic heterocycles. The molecule has 0 aliphatic rings. The van der Waals surface area contributed by atoms with Crippen LogP contribution in [0.15, 0.2) is 12.3 Å². The second-order valence-electron chi connectivity index (χ2n) is 3.59. The zero-order chi connectivity index (χ0) is 10.6. The number of hydrogen-bond donors (Lipinski definition) is 1. The highest BCUT2D eigenvalue weighted by atomic mass is 19.3. The lowest BCUT2D eigenvalue weighted by atomic mass is 10.2. The minimum Gasteiger partial charge on any atom is -0.311 e. The van der Waals surface area contributed by atoms with Gasteiger partial charge in [0, 0.05) is 12.7 Å². The van der Waals surface area contributed by atoms with E-state index in [1.54, 1.807) is 6.07 Å². The van der Waals surface area contributed by atoms with Crippen molar-refractivity contribution in [3.05, 3.63) is 18.0 Å². The third kappa shape index (κ3) is 3.41. The monoisotopic (exact) mass is 203 g/mol. The Morgan fingerprint density at radius 1 is 1.50 bits per heavy atom. The zero-order valence-corrected chi connectivity index (χ0v) is 8.37. The van der Waals surface area contributed by atoms with Gasteiger partial charge in [-0.05, 0) is 18.5 Å². The number of hydrogen-bond acceptors (Lipinski definition) is 2. The Morgan fingerprint density at radius 2 is 2.21 bits per heavy atom. The van der Waals surface area contributed by atoms with Crippen molar-refractivity contribution in [3.63, 3.8) is 0 Å². The minimum absolute atomic E-state index is 0.540. The van der Waals surface area contributed by atoms with E-state index in [9.17, 15) is 8.78 Å². The summed E-state index contributed by atoms with van der Waals surface area (Å²) in [5.41, 5.74) is 0.644. The molecule has 0 saturated heterocycles. The summed E-state index contributed by atoms with van der Waals surface area (Å²) in [5.74, 6) is 0.548. The van der Waals surface area contributed by atoms with Crippen LogP contribution in [0.3, 0.4) is 0 Å². The average molecular weight is 203 g/mol. The molecule has 0 aliphatic carbocycles. The SMILES string of the molecule is CC(C)CNCc1ccn(C(F)F)n1. The molecular weight excluding hydrogens is 188 g/mol. The Morgan fingerprint density at radius 3 is 2.71 bits per heavy atom. The molecule has 1 rings (SSSR count). The normalized spacial score (nSPS) is 11.6. The molecule has 0 fully saturated rings. The molecule has 0 atom stereocenters. The van der Waals surface area contributed by atoms with Crippen LogP contribution in [0.4, 0.5) is 8.78 Å². The van der Waals surface area contributed by atoms with Gasteiger partial charge in [0.2, 0.25) is 0 Å². The standard InChI is InChI=1S/C9H15F2N3/c1-7(2)5-12-6-8-3-4-14(13-8)9(10)11/h3-4,7,9,12H,5-6H2,1-2H3. The molecule has 0 unspecified atom stereocenters. The minimum atomic E-state index is -2.55. The maximum atomic E-state index is 12.1. The van der Waals surface area contributed by atoms with Gasteiger partial charge >= 0.3 is 6.55 Å². The molecule has 5 heteroatoms. The van der Waals surface area contributed by atoms with Crippen molar-refractivity contribution >= 4 is 0 Å². The maximum Gasteiger partial charge on any atom is 0.333 e. The quantitative estimate of drug-likeness (QED) is 0.793. The predicted octanol–water partition coefficient (Wildman–Crippen LogP) is 2.02. The van der Waals surface area contributed by atoms with E-state index in [1.807, 2.05) is 0 Å². The fourth-order valence-corrected chi connectivity index (χ4v) is 1.07. The number of nitrogens with zero attached hydrogens (tertiary/aromatic N) is 2. The van der Waals surface area contributed by atoms with Crippen LogP contribution in [-0.4, -0.2) is 16.3 Å². The summed E-state index contributed by atoms with van der Waals surface area (Å²) in [7, 11) is 0. The summed E-state index contributed by atoms with van der Waals surface area (Å²) < 4.78 is 24.9. The second kappa shape index (κ2) is 5.05.